The Kier molecular flexibility index (Phi) is 3.51. The van der Waals surface area contributed by atoms with E-state index in [-0.39, 0.29) is 0 Å². The number of aromatic nitrogens is 2. The summed E-state index contributed by atoms with van der Waals surface area (Å²) in [7, 11) is 0. The third-order valence-corrected chi connectivity index (χ3v) is 3.43. The molecular formula is C15H13N3S. The van der Waals surface area contributed by atoms with Crippen molar-refractivity contribution >= 4 is 17.2 Å². The van der Waals surface area contributed by atoms with Crippen molar-refractivity contribution in [3.63, 3.8) is 0 Å². The Morgan fingerprint density at radius 2 is 1.74 bits per heavy atom. The molecule has 0 aliphatic heterocycles. The molecule has 1 heterocycles. The molecular weight excluding hydrogens is 254 g/mol. The van der Waals surface area contributed by atoms with Gasteiger partial charge in [0.1, 0.15) is 0 Å². The first kappa shape index (κ1) is 11.9. The van der Waals surface area contributed by atoms with E-state index in [0.29, 0.717) is 6.54 Å². The van der Waals surface area contributed by atoms with Crippen LogP contribution in [0.15, 0.2) is 60.0 Å². The monoisotopic (exact) mass is 267 g/mol. The van der Waals surface area contributed by atoms with E-state index in [1.54, 1.807) is 0 Å². The van der Waals surface area contributed by atoms with Gasteiger partial charge in [0.15, 0.2) is 0 Å². The lowest BCUT2D eigenvalue weighted by Gasteiger charge is -2.11. The number of para-hydroxylation sites is 1. The van der Waals surface area contributed by atoms with Crippen LogP contribution >= 0.6 is 11.5 Å². The van der Waals surface area contributed by atoms with Crippen molar-refractivity contribution in [1.82, 2.24) is 9.59 Å². The molecule has 3 aromatic rings. The van der Waals surface area contributed by atoms with Gasteiger partial charge >= 0.3 is 0 Å². The predicted molar refractivity (Wildman–Crippen MR) is 79.1 cm³/mol. The van der Waals surface area contributed by atoms with Crippen molar-refractivity contribution in [3.8, 4) is 11.1 Å². The molecule has 0 aliphatic carbocycles. The summed E-state index contributed by atoms with van der Waals surface area (Å²) < 4.78 is 3.87. The van der Waals surface area contributed by atoms with E-state index >= 15 is 0 Å². The highest BCUT2D eigenvalue weighted by atomic mass is 32.1. The van der Waals surface area contributed by atoms with Gasteiger partial charge in [-0.3, -0.25) is 0 Å². The quantitative estimate of drug-likeness (QED) is 0.781. The number of nitrogens with one attached hydrogen (secondary N) is 1. The molecule has 3 rings (SSSR count). The fraction of sp³-hybridized carbons (Fsp3) is 0.0667. The number of nitrogens with zero attached hydrogens (tertiary/aromatic N) is 2. The van der Waals surface area contributed by atoms with Crippen molar-refractivity contribution in [1.29, 1.82) is 0 Å². The maximum atomic E-state index is 4.04. The van der Waals surface area contributed by atoms with Gasteiger partial charge in [-0.05, 0) is 23.2 Å². The minimum Gasteiger partial charge on any atom is -0.379 e. The van der Waals surface area contributed by atoms with Gasteiger partial charge in [0, 0.05) is 16.6 Å². The summed E-state index contributed by atoms with van der Waals surface area (Å²) in [4.78, 5) is 0. The van der Waals surface area contributed by atoms with Crippen LogP contribution in [0.4, 0.5) is 5.69 Å². The van der Waals surface area contributed by atoms with E-state index in [4.69, 9.17) is 0 Å². The third-order valence-electron chi connectivity index (χ3n) is 2.88. The van der Waals surface area contributed by atoms with Crippen LogP contribution in [-0.2, 0) is 6.54 Å². The van der Waals surface area contributed by atoms with Crippen LogP contribution in [0.5, 0.6) is 0 Å². The van der Waals surface area contributed by atoms with Crippen LogP contribution in [0.2, 0.25) is 0 Å². The zero-order valence-corrected chi connectivity index (χ0v) is 11.1. The Morgan fingerprint density at radius 3 is 2.53 bits per heavy atom. The maximum Gasteiger partial charge on any atom is 0.0946 e. The Labute approximate surface area is 116 Å². The summed E-state index contributed by atoms with van der Waals surface area (Å²) in [6.07, 6.45) is 0. The highest BCUT2D eigenvalue weighted by molar-refractivity contribution is 7.03. The molecule has 3 nitrogen and oxygen atoms in total. The van der Waals surface area contributed by atoms with Crippen molar-refractivity contribution in [2.45, 2.75) is 6.54 Å². The molecule has 0 unspecified atom stereocenters. The van der Waals surface area contributed by atoms with Crippen LogP contribution in [0.1, 0.15) is 5.69 Å². The molecule has 19 heavy (non-hydrogen) atoms. The molecule has 0 atom stereocenters. The number of hydrogen-bond donors (Lipinski definition) is 1. The lowest BCUT2D eigenvalue weighted by Crippen LogP contribution is -2.01. The minimum absolute atomic E-state index is 0.695. The van der Waals surface area contributed by atoms with Gasteiger partial charge in [0.05, 0.1) is 12.2 Å². The van der Waals surface area contributed by atoms with Gasteiger partial charge < -0.3 is 5.32 Å². The zero-order chi connectivity index (χ0) is 12.9. The average molecular weight is 267 g/mol. The van der Waals surface area contributed by atoms with Crippen molar-refractivity contribution in [2.24, 2.45) is 0 Å². The van der Waals surface area contributed by atoms with Crippen molar-refractivity contribution in [3.05, 3.63) is 65.7 Å². The second-order valence-corrected chi connectivity index (χ2v) is 4.77. The molecule has 0 amide bonds. The van der Waals surface area contributed by atoms with E-state index < -0.39 is 0 Å². The lowest BCUT2D eigenvalue weighted by atomic mass is 10.0. The molecule has 0 radical (unpaired) electrons. The summed E-state index contributed by atoms with van der Waals surface area (Å²) in [6, 6.07) is 18.7. The van der Waals surface area contributed by atoms with E-state index in [1.807, 2.05) is 17.5 Å². The number of rotatable bonds is 4. The van der Waals surface area contributed by atoms with Crippen LogP contribution in [0, 0.1) is 0 Å². The highest BCUT2D eigenvalue weighted by Crippen LogP contribution is 2.27. The van der Waals surface area contributed by atoms with Gasteiger partial charge in [0.2, 0.25) is 0 Å². The summed E-state index contributed by atoms with van der Waals surface area (Å²) >= 11 is 1.37. The number of hydrogen-bond acceptors (Lipinski definition) is 4. The molecule has 1 N–H and O–H groups in total. The molecule has 0 aliphatic rings. The maximum absolute atomic E-state index is 4.04. The van der Waals surface area contributed by atoms with Crippen LogP contribution in [-0.4, -0.2) is 9.59 Å². The largest absolute Gasteiger partial charge is 0.379 e. The molecule has 2 aromatic carbocycles. The Balaban J connectivity index is 1.85. The van der Waals surface area contributed by atoms with E-state index in [2.05, 4.69) is 57.4 Å². The molecule has 4 heteroatoms. The SMILES string of the molecule is c1ccc(-c2ccccc2NCc2csnn2)cc1. The zero-order valence-electron chi connectivity index (χ0n) is 10.3. The van der Waals surface area contributed by atoms with Crippen LogP contribution in [0.3, 0.4) is 0 Å². The summed E-state index contributed by atoms with van der Waals surface area (Å²) in [5, 5.41) is 9.41. The normalized spacial score (nSPS) is 10.3. The van der Waals surface area contributed by atoms with Crippen molar-refractivity contribution < 1.29 is 0 Å². The fourth-order valence-electron chi connectivity index (χ4n) is 1.95. The third kappa shape index (κ3) is 2.80. The fourth-order valence-corrected chi connectivity index (χ4v) is 2.40. The van der Waals surface area contributed by atoms with Gasteiger partial charge in [-0.2, -0.15) is 0 Å². The second-order valence-electron chi connectivity index (χ2n) is 4.16. The molecule has 1 aromatic heterocycles. The lowest BCUT2D eigenvalue weighted by molar-refractivity contribution is 0.999. The summed E-state index contributed by atoms with van der Waals surface area (Å²) in [6.45, 7) is 0.695. The topological polar surface area (TPSA) is 37.8 Å². The van der Waals surface area contributed by atoms with E-state index in [1.165, 1.54) is 22.7 Å². The first-order chi connectivity index (χ1) is 9.43. The number of anilines is 1. The van der Waals surface area contributed by atoms with Gasteiger partial charge in [-0.25, -0.2) is 0 Å². The molecule has 0 fully saturated rings. The average Bonchev–Trinajstić information content (AvgIpc) is 3.00. The molecule has 0 saturated heterocycles. The second kappa shape index (κ2) is 5.63. The Bertz CT molecular complexity index is 636. The summed E-state index contributed by atoms with van der Waals surface area (Å²) in [5.41, 5.74) is 4.49. The van der Waals surface area contributed by atoms with Gasteiger partial charge in [-0.15, -0.1) is 5.10 Å². The van der Waals surface area contributed by atoms with Gasteiger partial charge in [-0.1, -0.05) is 53.0 Å². The molecule has 0 saturated carbocycles. The van der Waals surface area contributed by atoms with E-state index in [0.717, 1.165) is 11.4 Å². The number of benzene rings is 2. The van der Waals surface area contributed by atoms with Crippen molar-refractivity contribution in [2.75, 3.05) is 5.32 Å². The Morgan fingerprint density at radius 1 is 0.947 bits per heavy atom. The Hall–Kier alpha value is -2.20. The molecule has 0 spiro atoms. The summed E-state index contributed by atoms with van der Waals surface area (Å²) in [5.74, 6) is 0. The first-order valence-electron chi connectivity index (χ1n) is 6.08. The first-order valence-corrected chi connectivity index (χ1v) is 6.91. The van der Waals surface area contributed by atoms with Crippen LogP contribution < -0.4 is 5.32 Å². The molecule has 94 valence electrons. The van der Waals surface area contributed by atoms with Crippen LogP contribution in [0.25, 0.3) is 11.1 Å². The molecule has 0 bridgehead atoms. The highest BCUT2D eigenvalue weighted by Gasteiger charge is 2.04. The van der Waals surface area contributed by atoms with Gasteiger partial charge in [0.25, 0.3) is 0 Å². The minimum atomic E-state index is 0.695. The predicted octanol–water partition coefficient (Wildman–Crippen LogP) is 3.82. The van der Waals surface area contributed by atoms with E-state index in [9.17, 15) is 0 Å². The standard InChI is InChI=1S/C15H13N3S/c1-2-6-12(7-3-1)14-8-4-5-9-15(14)16-10-13-11-19-18-17-13/h1-9,11,16H,10H2. The smallest absolute Gasteiger partial charge is 0.0946 e.